The number of carbonyl (C=O) groups is 2. The quantitative estimate of drug-likeness (QED) is 0.541. The van der Waals surface area contributed by atoms with E-state index in [1.165, 1.54) is 6.92 Å². The molecule has 0 radical (unpaired) electrons. The molecule has 132 valence electrons. The van der Waals surface area contributed by atoms with E-state index in [9.17, 15) is 9.59 Å². The molecule has 0 aliphatic rings. The molecule has 2 aromatic carbocycles. The van der Waals surface area contributed by atoms with Crippen LogP contribution >= 0.6 is 22.9 Å². The van der Waals surface area contributed by atoms with E-state index in [2.05, 4.69) is 16.0 Å². The van der Waals surface area contributed by atoms with Gasteiger partial charge in [-0.2, -0.15) is 11.3 Å². The number of benzene rings is 2. The highest BCUT2D eigenvalue weighted by atomic mass is 35.5. The number of rotatable bonds is 4. The Morgan fingerprint density at radius 1 is 0.885 bits per heavy atom. The molecule has 0 atom stereocenters. The molecule has 3 rings (SSSR count). The fourth-order valence-corrected chi connectivity index (χ4v) is 3.24. The molecule has 3 N–H and O–H groups in total. The fourth-order valence-electron chi connectivity index (χ4n) is 2.39. The average Bonchev–Trinajstić information content (AvgIpc) is 3.12. The summed E-state index contributed by atoms with van der Waals surface area (Å²) in [4.78, 5) is 23.8. The summed E-state index contributed by atoms with van der Waals surface area (Å²) in [6.07, 6.45) is 0. The van der Waals surface area contributed by atoms with Crippen LogP contribution in [0.1, 0.15) is 6.92 Å². The SMILES string of the molecule is CC(=O)Nc1ccc(-c2ccsc2)cc1NC(=O)Nc1ccccc1Cl. The van der Waals surface area contributed by atoms with Crippen LogP contribution in [0.2, 0.25) is 5.02 Å². The zero-order valence-electron chi connectivity index (χ0n) is 13.9. The zero-order chi connectivity index (χ0) is 18.5. The van der Waals surface area contributed by atoms with Crippen molar-refractivity contribution in [3.63, 3.8) is 0 Å². The van der Waals surface area contributed by atoms with Crippen molar-refractivity contribution in [3.8, 4) is 11.1 Å². The molecule has 0 unspecified atom stereocenters. The Balaban J connectivity index is 1.86. The van der Waals surface area contributed by atoms with Crippen LogP contribution in [0.5, 0.6) is 0 Å². The molecule has 1 aromatic heterocycles. The van der Waals surface area contributed by atoms with Crippen LogP contribution in [0, 0.1) is 0 Å². The van der Waals surface area contributed by atoms with Crippen LogP contribution in [0.4, 0.5) is 21.9 Å². The molecule has 26 heavy (non-hydrogen) atoms. The first-order valence-electron chi connectivity index (χ1n) is 7.79. The Hall–Kier alpha value is -2.83. The van der Waals surface area contributed by atoms with Gasteiger partial charge in [-0.25, -0.2) is 4.79 Å². The van der Waals surface area contributed by atoms with Crippen molar-refractivity contribution in [1.82, 2.24) is 0 Å². The third-order valence-corrected chi connectivity index (χ3v) is 4.57. The maximum absolute atomic E-state index is 12.4. The molecular weight excluding hydrogens is 370 g/mol. The highest BCUT2D eigenvalue weighted by Gasteiger charge is 2.11. The lowest BCUT2D eigenvalue weighted by molar-refractivity contribution is -0.114. The van der Waals surface area contributed by atoms with Gasteiger partial charge in [0, 0.05) is 6.92 Å². The van der Waals surface area contributed by atoms with Gasteiger partial charge in [0.15, 0.2) is 0 Å². The smallest absolute Gasteiger partial charge is 0.323 e. The summed E-state index contributed by atoms with van der Waals surface area (Å²) >= 11 is 7.65. The minimum absolute atomic E-state index is 0.220. The Labute approximate surface area is 160 Å². The standard InChI is InChI=1S/C19H16ClN3O2S/c1-12(24)21-17-7-6-13(14-8-9-26-11-14)10-18(17)23-19(25)22-16-5-3-2-4-15(16)20/h2-11H,1H3,(H,21,24)(H2,22,23,25). The summed E-state index contributed by atoms with van der Waals surface area (Å²) in [6.45, 7) is 1.42. The third kappa shape index (κ3) is 4.41. The van der Waals surface area contributed by atoms with E-state index in [1.807, 2.05) is 29.0 Å². The van der Waals surface area contributed by atoms with Crippen molar-refractivity contribution in [2.45, 2.75) is 6.92 Å². The Morgan fingerprint density at radius 3 is 2.35 bits per heavy atom. The third-order valence-electron chi connectivity index (χ3n) is 3.56. The van der Waals surface area contributed by atoms with E-state index >= 15 is 0 Å². The minimum Gasteiger partial charge on any atom is -0.325 e. The molecule has 0 saturated heterocycles. The van der Waals surface area contributed by atoms with Crippen LogP contribution in [-0.4, -0.2) is 11.9 Å². The number of halogens is 1. The number of thiophene rings is 1. The molecule has 1 heterocycles. The molecule has 0 saturated carbocycles. The van der Waals surface area contributed by atoms with Crippen LogP contribution < -0.4 is 16.0 Å². The first-order valence-corrected chi connectivity index (χ1v) is 9.12. The summed E-state index contributed by atoms with van der Waals surface area (Å²) in [7, 11) is 0. The molecular formula is C19H16ClN3O2S. The lowest BCUT2D eigenvalue weighted by Crippen LogP contribution is -2.21. The van der Waals surface area contributed by atoms with Gasteiger partial charge >= 0.3 is 6.03 Å². The first kappa shape index (κ1) is 18.0. The van der Waals surface area contributed by atoms with Crippen molar-refractivity contribution in [3.05, 3.63) is 64.3 Å². The van der Waals surface area contributed by atoms with E-state index in [4.69, 9.17) is 11.6 Å². The minimum atomic E-state index is -0.452. The van der Waals surface area contributed by atoms with E-state index in [0.717, 1.165) is 11.1 Å². The van der Waals surface area contributed by atoms with Gasteiger partial charge in [-0.3, -0.25) is 4.79 Å². The van der Waals surface area contributed by atoms with E-state index < -0.39 is 6.03 Å². The maximum Gasteiger partial charge on any atom is 0.323 e. The molecule has 0 fully saturated rings. The molecule has 7 heteroatoms. The van der Waals surface area contributed by atoms with Gasteiger partial charge in [-0.05, 0) is 52.2 Å². The number of carbonyl (C=O) groups excluding carboxylic acids is 2. The number of hydrogen-bond acceptors (Lipinski definition) is 3. The van der Waals surface area contributed by atoms with E-state index in [0.29, 0.717) is 22.1 Å². The van der Waals surface area contributed by atoms with Gasteiger partial charge < -0.3 is 16.0 Å². The number of nitrogens with one attached hydrogen (secondary N) is 3. The van der Waals surface area contributed by atoms with Crippen molar-refractivity contribution >= 4 is 51.9 Å². The van der Waals surface area contributed by atoms with Gasteiger partial charge in [-0.1, -0.05) is 29.8 Å². The predicted octanol–water partition coefficient (Wildman–Crippen LogP) is 5.67. The average molecular weight is 386 g/mol. The molecule has 0 aliphatic heterocycles. The highest BCUT2D eigenvalue weighted by molar-refractivity contribution is 7.08. The van der Waals surface area contributed by atoms with Crippen LogP contribution in [-0.2, 0) is 4.79 Å². The topological polar surface area (TPSA) is 70.2 Å². The lowest BCUT2D eigenvalue weighted by Gasteiger charge is -2.14. The normalized spacial score (nSPS) is 10.2. The maximum atomic E-state index is 12.4. The van der Waals surface area contributed by atoms with Crippen molar-refractivity contribution < 1.29 is 9.59 Å². The number of urea groups is 1. The Bertz CT molecular complexity index is 942. The Kier molecular flexibility index (Phi) is 5.55. The summed E-state index contributed by atoms with van der Waals surface area (Å²) in [6, 6.07) is 14.0. The fraction of sp³-hybridized carbons (Fsp3) is 0.0526. The molecule has 3 amide bonds. The van der Waals surface area contributed by atoms with Crippen LogP contribution in [0.25, 0.3) is 11.1 Å². The van der Waals surface area contributed by atoms with Crippen molar-refractivity contribution in [1.29, 1.82) is 0 Å². The van der Waals surface area contributed by atoms with Gasteiger partial charge in [0.1, 0.15) is 0 Å². The molecule has 0 spiro atoms. The van der Waals surface area contributed by atoms with E-state index in [-0.39, 0.29) is 5.91 Å². The van der Waals surface area contributed by atoms with Gasteiger partial charge in [0.05, 0.1) is 22.1 Å². The molecule has 3 aromatic rings. The second-order valence-corrected chi connectivity index (χ2v) is 6.70. The number of para-hydroxylation sites is 1. The van der Waals surface area contributed by atoms with Gasteiger partial charge in [0.2, 0.25) is 5.91 Å². The summed E-state index contributed by atoms with van der Waals surface area (Å²) in [5.41, 5.74) is 3.49. The summed E-state index contributed by atoms with van der Waals surface area (Å²) < 4.78 is 0. The largest absolute Gasteiger partial charge is 0.325 e. The zero-order valence-corrected chi connectivity index (χ0v) is 15.4. The molecule has 0 bridgehead atoms. The van der Waals surface area contributed by atoms with Crippen molar-refractivity contribution in [2.75, 3.05) is 16.0 Å². The number of hydrogen-bond donors (Lipinski definition) is 3. The lowest BCUT2D eigenvalue weighted by atomic mass is 10.1. The second kappa shape index (κ2) is 8.03. The number of amides is 3. The summed E-state index contributed by atoms with van der Waals surface area (Å²) in [5.74, 6) is -0.220. The van der Waals surface area contributed by atoms with Gasteiger partial charge in [0.25, 0.3) is 0 Å². The van der Waals surface area contributed by atoms with Crippen LogP contribution in [0.15, 0.2) is 59.3 Å². The predicted molar refractivity (Wildman–Crippen MR) is 108 cm³/mol. The monoisotopic (exact) mass is 385 g/mol. The summed E-state index contributed by atoms with van der Waals surface area (Å²) in [5, 5.41) is 12.6. The Morgan fingerprint density at radius 2 is 1.65 bits per heavy atom. The van der Waals surface area contributed by atoms with Crippen LogP contribution in [0.3, 0.4) is 0 Å². The first-order chi connectivity index (χ1) is 12.5. The second-order valence-electron chi connectivity index (χ2n) is 5.51. The molecule has 0 aliphatic carbocycles. The van der Waals surface area contributed by atoms with Crippen molar-refractivity contribution in [2.24, 2.45) is 0 Å². The molecule has 5 nitrogen and oxygen atoms in total. The number of anilines is 3. The van der Waals surface area contributed by atoms with E-state index in [1.54, 1.807) is 41.7 Å². The van der Waals surface area contributed by atoms with Gasteiger partial charge in [-0.15, -0.1) is 0 Å². The highest BCUT2D eigenvalue weighted by Crippen LogP contribution is 2.30.